The van der Waals surface area contributed by atoms with Crippen molar-refractivity contribution in [1.29, 1.82) is 0 Å². The lowest BCUT2D eigenvalue weighted by molar-refractivity contribution is -0.163. The van der Waals surface area contributed by atoms with Crippen LogP contribution in [0.1, 0.15) is 290 Å². The van der Waals surface area contributed by atoms with Crippen molar-refractivity contribution < 1.29 is 23.8 Å². The summed E-state index contributed by atoms with van der Waals surface area (Å²) < 4.78 is 17.4. The van der Waals surface area contributed by atoms with Crippen LogP contribution in [-0.2, 0) is 23.8 Å². The van der Waals surface area contributed by atoms with Gasteiger partial charge < -0.3 is 14.2 Å². The molecule has 0 bridgehead atoms. The van der Waals surface area contributed by atoms with E-state index in [1.54, 1.807) is 0 Å². The van der Waals surface area contributed by atoms with Gasteiger partial charge in [-0.3, -0.25) is 9.59 Å². The Hall–Kier alpha value is -1.88. The van der Waals surface area contributed by atoms with Crippen LogP contribution in [0.3, 0.4) is 0 Å². The molecule has 0 rings (SSSR count). The quantitative estimate of drug-likeness (QED) is 0.0346. The van der Waals surface area contributed by atoms with E-state index in [2.05, 4.69) is 57.2 Å². The first-order valence-corrected chi connectivity index (χ1v) is 27.5. The minimum Gasteiger partial charge on any atom is -0.462 e. The van der Waals surface area contributed by atoms with Crippen molar-refractivity contribution in [2.24, 2.45) is 0 Å². The van der Waals surface area contributed by atoms with Gasteiger partial charge in [-0.25, -0.2) is 0 Å². The summed E-state index contributed by atoms with van der Waals surface area (Å²) >= 11 is 0. The summed E-state index contributed by atoms with van der Waals surface area (Å²) in [5.74, 6) is -0.392. The standard InChI is InChI=1S/C57H106O5/c1-4-7-10-13-16-19-22-25-27-28-29-30-31-33-35-38-41-44-47-50-56(58)61-54-55(53-60-52-49-46-43-40-37-34-26-23-20-17-14-11-8-5-2)62-57(59)51-48-45-42-39-36-32-24-21-18-15-12-9-6-3/h8,11,17,20,26,34,55H,4-7,9-10,12-16,18-19,21-25,27-33,35-54H2,1-3H3/b11-8-,20-17-,34-26-. The second-order valence-corrected chi connectivity index (χ2v) is 18.5. The normalized spacial score (nSPS) is 12.4. The Morgan fingerprint density at radius 2 is 0.726 bits per heavy atom. The summed E-state index contributed by atoms with van der Waals surface area (Å²) in [6, 6.07) is 0. The fourth-order valence-corrected chi connectivity index (χ4v) is 8.12. The van der Waals surface area contributed by atoms with E-state index >= 15 is 0 Å². The number of esters is 2. The van der Waals surface area contributed by atoms with Gasteiger partial charge in [-0.1, -0.05) is 263 Å². The zero-order chi connectivity index (χ0) is 44.9. The molecule has 0 aliphatic carbocycles. The fourth-order valence-electron chi connectivity index (χ4n) is 8.12. The molecule has 0 radical (unpaired) electrons. The van der Waals surface area contributed by atoms with Gasteiger partial charge in [0, 0.05) is 19.4 Å². The first-order chi connectivity index (χ1) is 30.6. The number of hydrogen-bond acceptors (Lipinski definition) is 5. The Morgan fingerprint density at radius 1 is 0.371 bits per heavy atom. The molecule has 0 aromatic heterocycles. The van der Waals surface area contributed by atoms with Crippen molar-refractivity contribution in [3.8, 4) is 0 Å². The highest BCUT2D eigenvalue weighted by Crippen LogP contribution is 2.17. The van der Waals surface area contributed by atoms with Crippen LogP contribution in [0, 0.1) is 0 Å². The van der Waals surface area contributed by atoms with Gasteiger partial charge in [-0.05, 0) is 51.4 Å². The zero-order valence-electron chi connectivity index (χ0n) is 41.9. The average Bonchev–Trinajstić information content (AvgIpc) is 3.27. The summed E-state index contributed by atoms with van der Waals surface area (Å²) in [6.07, 6.45) is 64.5. The van der Waals surface area contributed by atoms with E-state index < -0.39 is 6.10 Å². The van der Waals surface area contributed by atoms with Gasteiger partial charge in [-0.2, -0.15) is 0 Å². The van der Waals surface area contributed by atoms with E-state index in [9.17, 15) is 9.59 Å². The van der Waals surface area contributed by atoms with Crippen LogP contribution < -0.4 is 0 Å². The molecular formula is C57H106O5. The Morgan fingerprint density at radius 3 is 1.16 bits per heavy atom. The molecule has 0 aromatic rings. The van der Waals surface area contributed by atoms with Crippen LogP contribution in [0.5, 0.6) is 0 Å². The van der Waals surface area contributed by atoms with Crippen LogP contribution in [-0.4, -0.2) is 37.9 Å². The highest BCUT2D eigenvalue weighted by molar-refractivity contribution is 5.70. The van der Waals surface area contributed by atoms with E-state index in [0.29, 0.717) is 19.4 Å². The largest absolute Gasteiger partial charge is 0.462 e. The third-order valence-corrected chi connectivity index (χ3v) is 12.2. The second kappa shape index (κ2) is 53.5. The lowest BCUT2D eigenvalue weighted by Crippen LogP contribution is -2.30. The van der Waals surface area contributed by atoms with Crippen molar-refractivity contribution in [1.82, 2.24) is 0 Å². The Kier molecular flexibility index (Phi) is 51.8. The van der Waals surface area contributed by atoms with E-state index in [1.807, 2.05) is 0 Å². The summed E-state index contributed by atoms with van der Waals surface area (Å²) in [7, 11) is 0. The molecule has 0 aliphatic heterocycles. The van der Waals surface area contributed by atoms with Gasteiger partial charge in [0.25, 0.3) is 0 Å². The molecule has 364 valence electrons. The molecule has 0 aromatic carbocycles. The van der Waals surface area contributed by atoms with Crippen molar-refractivity contribution in [2.75, 3.05) is 19.8 Å². The summed E-state index contributed by atoms with van der Waals surface area (Å²) in [4.78, 5) is 25.4. The van der Waals surface area contributed by atoms with Crippen molar-refractivity contribution in [3.63, 3.8) is 0 Å². The minimum atomic E-state index is -0.541. The predicted molar refractivity (Wildman–Crippen MR) is 270 cm³/mol. The van der Waals surface area contributed by atoms with Crippen LogP contribution in [0.25, 0.3) is 0 Å². The lowest BCUT2D eigenvalue weighted by atomic mass is 10.0. The molecule has 0 saturated heterocycles. The molecule has 0 aliphatic rings. The van der Waals surface area contributed by atoms with Crippen LogP contribution in [0.15, 0.2) is 36.5 Å². The summed E-state index contributed by atoms with van der Waals surface area (Å²) in [5.41, 5.74) is 0. The molecule has 0 N–H and O–H groups in total. The van der Waals surface area contributed by atoms with Gasteiger partial charge in [0.1, 0.15) is 6.61 Å². The molecular weight excluding hydrogens is 765 g/mol. The van der Waals surface area contributed by atoms with Gasteiger partial charge in [0.05, 0.1) is 6.61 Å². The number of ether oxygens (including phenoxy) is 3. The molecule has 0 saturated carbocycles. The number of carbonyl (C=O) groups excluding carboxylic acids is 2. The molecule has 1 unspecified atom stereocenters. The molecule has 0 heterocycles. The van der Waals surface area contributed by atoms with E-state index in [1.165, 1.54) is 193 Å². The summed E-state index contributed by atoms with van der Waals surface area (Å²) in [5, 5.41) is 0. The lowest BCUT2D eigenvalue weighted by Gasteiger charge is -2.18. The zero-order valence-corrected chi connectivity index (χ0v) is 41.9. The average molecular weight is 871 g/mol. The van der Waals surface area contributed by atoms with Crippen molar-refractivity contribution in [2.45, 2.75) is 297 Å². The highest BCUT2D eigenvalue weighted by Gasteiger charge is 2.17. The van der Waals surface area contributed by atoms with E-state index in [4.69, 9.17) is 14.2 Å². The molecule has 62 heavy (non-hydrogen) atoms. The molecule has 1 atom stereocenters. The maximum Gasteiger partial charge on any atom is 0.306 e. The SMILES string of the molecule is CC/C=C\C/C=C\C/C=C\CCCCCCOCC(COC(=O)CCCCCCCCCCCCCCCCCCCCC)OC(=O)CCCCCCCCCCCCCCC. The van der Waals surface area contributed by atoms with Gasteiger partial charge >= 0.3 is 11.9 Å². The molecule has 0 fully saturated rings. The molecule has 5 heteroatoms. The second-order valence-electron chi connectivity index (χ2n) is 18.5. The van der Waals surface area contributed by atoms with Crippen LogP contribution in [0.2, 0.25) is 0 Å². The first kappa shape index (κ1) is 60.1. The third-order valence-electron chi connectivity index (χ3n) is 12.2. The first-order valence-electron chi connectivity index (χ1n) is 27.5. The van der Waals surface area contributed by atoms with Gasteiger partial charge in [0.15, 0.2) is 6.10 Å². The highest BCUT2D eigenvalue weighted by atomic mass is 16.6. The number of carbonyl (C=O) groups is 2. The van der Waals surface area contributed by atoms with Crippen LogP contribution in [0.4, 0.5) is 0 Å². The maximum atomic E-state index is 12.8. The number of allylic oxidation sites excluding steroid dienone is 6. The molecule has 0 spiro atoms. The van der Waals surface area contributed by atoms with Gasteiger partial charge in [0.2, 0.25) is 0 Å². The Balaban J connectivity index is 4.20. The number of rotatable bonds is 51. The Bertz CT molecular complexity index is 986. The monoisotopic (exact) mass is 871 g/mol. The fraction of sp³-hybridized carbons (Fsp3) is 0.860. The van der Waals surface area contributed by atoms with Gasteiger partial charge in [-0.15, -0.1) is 0 Å². The topological polar surface area (TPSA) is 61.8 Å². The maximum absolute atomic E-state index is 12.8. The number of hydrogen-bond donors (Lipinski definition) is 0. The smallest absolute Gasteiger partial charge is 0.306 e. The van der Waals surface area contributed by atoms with E-state index in [-0.39, 0.29) is 25.2 Å². The molecule has 0 amide bonds. The van der Waals surface area contributed by atoms with Crippen LogP contribution >= 0.6 is 0 Å². The van der Waals surface area contributed by atoms with Crippen molar-refractivity contribution >= 4 is 11.9 Å². The summed E-state index contributed by atoms with van der Waals surface area (Å²) in [6.45, 7) is 7.72. The third kappa shape index (κ3) is 50.8. The van der Waals surface area contributed by atoms with E-state index in [0.717, 1.165) is 64.2 Å². The minimum absolute atomic E-state index is 0.0826. The Labute approximate surface area is 387 Å². The number of unbranched alkanes of at least 4 members (excludes halogenated alkanes) is 34. The predicted octanol–water partition coefficient (Wildman–Crippen LogP) is 18.6. The van der Waals surface area contributed by atoms with Crippen molar-refractivity contribution in [3.05, 3.63) is 36.5 Å². The molecule has 5 nitrogen and oxygen atoms in total.